The van der Waals surface area contributed by atoms with Crippen molar-refractivity contribution in [2.45, 2.75) is 66.0 Å². The summed E-state index contributed by atoms with van der Waals surface area (Å²) in [5.74, 6) is -0.291. The zero-order chi connectivity index (χ0) is 39.9. The van der Waals surface area contributed by atoms with Crippen LogP contribution in [-0.4, -0.2) is 74.5 Å². The lowest BCUT2D eigenvalue weighted by Crippen LogP contribution is -2.41. The number of carbonyl (C=O) groups excluding carboxylic acids is 2. The molecule has 8 nitrogen and oxygen atoms in total. The molecule has 0 radical (unpaired) electrons. The average Bonchev–Trinajstić information content (AvgIpc) is 3.20. The Labute approximate surface area is 333 Å². The second-order valence-electron chi connectivity index (χ2n) is 15.2. The number of rotatable bonds is 8. The highest BCUT2D eigenvalue weighted by Gasteiger charge is 2.26. The van der Waals surface area contributed by atoms with Crippen molar-refractivity contribution >= 4 is 24.1 Å². The van der Waals surface area contributed by atoms with E-state index in [9.17, 15) is 9.59 Å². The fraction of sp³-hybridized carbons (Fsp3) is 0.375. The first-order valence-electron chi connectivity index (χ1n) is 19.6. The molecule has 4 heterocycles. The molecule has 4 aromatic carbocycles. The minimum absolute atomic E-state index is 0.0510. The Morgan fingerprint density at radius 1 is 0.571 bits per heavy atom. The Hall–Kier alpha value is -4.86. The molecule has 4 aliphatic rings. The van der Waals surface area contributed by atoms with Crippen molar-refractivity contribution in [1.29, 1.82) is 0 Å². The van der Waals surface area contributed by atoms with Gasteiger partial charge in [-0.05, 0) is 57.4 Å². The van der Waals surface area contributed by atoms with Crippen molar-refractivity contribution in [3.63, 3.8) is 0 Å². The summed E-state index contributed by atoms with van der Waals surface area (Å²) in [6.07, 6.45) is 3.72. The summed E-state index contributed by atoms with van der Waals surface area (Å²) in [5, 5.41) is 0. The average molecular weight is 759 g/mol. The first-order chi connectivity index (χ1) is 27.1. The maximum absolute atomic E-state index is 13.0. The van der Waals surface area contributed by atoms with Crippen molar-refractivity contribution in [2.24, 2.45) is 11.8 Å². The SMILES string of the molecule is COC(=O)/C1=C/c2ccc(cc2)CN(Cc2ccccc2)[C@@H](C(C)C)COC/C(C(=O)OC)=C\c2ccc(cc2)CN(Cc2ccccc2)[C@@H](C(C)C)COC1. The largest absolute Gasteiger partial charge is 0.466 e. The number of esters is 2. The van der Waals surface area contributed by atoms with Crippen LogP contribution in [0.5, 0.6) is 0 Å². The molecule has 0 N–H and O–H groups in total. The van der Waals surface area contributed by atoms with Crippen molar-refractivity contribution in [2.75, 3.05) is 40.6 Å². The van der Waals surface area contributed by atoms with Crippen LogP contribution in [0, 0.1) is 11.8 Å². The maximum atomic E-state index is 13.0. The third-order valence-corrected chi connectivity index (χ3v) is 10.3. The van der Waals surface area contributed by atoms with E-state index in [2.05, 4.69) is 110 Å². The Morgan fingerprint density at radius 2 is 0.929 bits per heavy atom. The molecule has 0 spiro atoms. The molecule has 0 amide bonds. The molecule has 2 atom stereocenters. The zero-order valence-electron chi connectivity index (χ0n) is 33.9. The van der Waals surface area contributed by atoms with Gasteiger partial charge in [0.05, 0.1) is 51.8 Å². The molecule has 4 aromatic rings. The van der Waals surface area contributed by atoms with E-state index in [1.165, 1.54) is 25.3 Å². The molecule has 4 bridgehead atoms. The molecule has 8 heteroatoms. The second-order valence-corrected chi connectivity index (χ2v) is 15.2. The Bertz CT molecular complexity index is 1730. The van der Waals surface area contributed by atoms with Gasteiger partial charge < -0.3 is 18.9 Å². The van der Waals surface area contributed by atoms with Crippen molar-refractivity contribution in [3.8, 4) is 0 Å². The van der Waals surface area contributed by atoms with Gasteiger partial charge in [0.2, 0.25) is 0 Å². The smallest absolute Gasteiger partial charge is 0.336 e. The fourth-order valence-corrected chi connectivity index (χ4v) is 7.13. The number of hydrogen-bond acceptors (Lipinski definition) is 8. The zero-order valence-corrected chi connectivity index (χ0v) is 33.9. The van der Waals surface area contributed by atoms with Gasteiger partial charge in [0.25, 0.3) is 0 Å². The van der Waals surface area contributed by atoms with E-state index >= 15 is 0 Å². The van der Waals surface area contributed by atoms with E-state index in [0.717, 1.165) is 35.3 Å². The van der Waals surface area contributed by atoms with Gasteiger partial charge in [-0.3, -0.25) is 9.80 Å². The quantitative estimate of drug-likeness (QED) is 0.166. The molecule has 0 saturated heterocycles. The van der Waals surface area contributed by atoms with Crippen LogP contribution in [0.15, 0.2) is 120 Å². The van der Waals surface area contributed by atoms with Gasteiger partial charge in [-0.2, -0.15) is 0 Å². The highest BCUT2D eigenvalue weighted by atomic mass is 16.5. The van der Waals surface area contributed by atoms with E-state index in [4.69, 9.17) is 18.9 Å². The molecular formula is C48H58N2O6. The van der Waals surface area contributed by atoms with E-state index in [1.54, 1.807) is 0 Å². The number of benzene rings is 4. The van der Waals surface area contributed by atoms with Gasteiger partial charge in [0.15, 0.2) is 0 Å². The monoisotopic (exact) mass is 758 g/mol. The van der Waals surface area contributed by atoms with Crippen LogP contribution in [0.2, 0.25) is 0 Å². The number of hydrogen-bond donors (Lipinski definition) is 0. The van der Waals surface area contributed by atoms with Gasteiger partial charge in [0, 0.05) is 38.3 Å². The van der Waals surface area contributed by atoms with Crippen molar-refractivity contribution in [1.82, 2.24) is 9.80 Å². The van der Waals surface area contributed by atoms with Crippen LogP contribution in [0.4, 0.5) is 0 Å². The summed E-state index contributed by atoms with van der Waals surface area (Å²) in [6.45, 7) is 12.7. The van der Waals surface area contributed by atoms with E-state index < -0.39 is 11.9 Å². The summed E-state index contributed by atoms with van der Waals surface area (Å²) in [5.41, 5.74) is 7.38. The third kappa shape index (κ3) is 12.6. The molecular weight excluding hydrogens is 701 g/mol. The predicted molar refractivity (Wildman–Crippen MR) is 223 cm³/mol. The third-order valence-electron chi connectivity index (χ3n) is 10.3. The molecule has 4 aliphatic heterocycles. The lowest BCUT2D eigenvalue weighted by Gasteiger charge is -2.35. The molecule has 0 unspecified atom stereocenters. The molecule has 0 aliphatic carbocycles. The summed E-state index contributed by atoms with van der Waals surface area (Å²) >= 11 is 0. The van der Waals surface area contributed by atoms with Crippen LogP contribution in [0.1, 0.15) is 61.1 Å². The van der Waals surface area contributed by atoms with Gasteiger partial charge >= 0.3 is 11.9 Å². The van der Waals surface area contributed by atoms with Gasteiger partial charge in [-0.15, -0.1) is 0 Å². The summed E-state index contributed by atoms with van der Waals surface area (Å²) in [4.78, 5) is 30.9. The van der Waals surface area contributed by atoms with Gasteiger partial charge in [-0.25, -0.2) is 9.59 Å². The second kappa shape index (κ2) is 21.4. The highest BCUT2D eigenvalue weighted by molar-refractivity contribution is 5.94. The first-order valence-corrected chi connectivity index (χ1v) is 19.6. The molecule has 0 aromatic heterocycles. The molecule has 296 valence electrons. The Balaban J connectivity index is 1.52. The number of ether oxygens (including phenoxy) is 4. The van der Waals surface area contributed by atoms with Crippen LogP contribution < -0.4 is 0 Å². The summed E-state index contributed by atoms with van der Waals surface area (Å²) < 4.78 is 23.2. The minimum atomic E-state index is -0.406. The van der Waals surface area contributed by atoms with Crippen molar-refractivity contribution in [3.05, 3.63) is 154 Å². The molecule has 8 rings (SSSR count). The summed E-state index contributed by atoms with van der Waals surface area (Å²) in [6, 6.07) is 37.5. The molecule has 0 saturated carbocycles. The number of carbonyl (C=O) groups is 2. The lowest BCUT2D eigenvalue weighted by molar-refractivity contribution is -0.137. The Kier molecular flexibility index (Phi) is 16.2. The van der Waals surface area contributed by atoms with Gasteiger partial charge in [-0.1, -0.05) is 137 Å². The van der Waals surface area contributed by atoms with E-state index in [-0.39, 0.29) is 37.1 Å². The normalized spacial score (nSPS) is 20.1. The van der Waals surface area contributed by atoms with Gasteiger partial charge in [0.1, 0.15) is 0 Å². The molecule has 56 heavy (non-hydrogen) atoms. The van der Waals surface area contributed by atoms with Crippen LogP contribution in [0.3, 0.4) is 0 Å². The fourth-order valence-electron chi connectivity index (χ4n) is 7.13. The lowest BCUT2D eigenvalue weighted by atomic mass is 10.0. The number of methoxy groups -OCH3 is 2. The standard InChI is InChI=1S/C48H58N2O6/c1-35(2)45-33-55-31-43(47(51)53-5)25-38-19-23-42(24-20-38)30-50(28-40-15-11-8-12-16-40)46(36(3)4)34-56-32-44(48(52)54-6)26-37-17-21-41(22-18-37)29-49(45)27-39-13-9-7-10-14-39/h7-26,35-36,45-46H,27-34H2,1-6H3/b43-25+,44-26+/t45-,46-/m1/s1. The minimum Gasteiger partial charge on any atom is -0.466 e. The maximum Gasteiger partial charge on any atom is 0.336 e. The van der Waals surface area contributed by atoms with Crippen LogP contribution in [-0.2, 0) is 54.7 Å². The predicted octanol–water partition coefficient (Wildman–Crippen LogP) is 8.60. The summed E-state index contributed by atoms with van der Waals surface area (Å²) in [7, 11) is 2.81. The number of nitrogens with zero attached hydrogens (tertiary/aromatic N) is 2. The first kappa shape index (κ1) is 42.3. The molecule has 0 fully saturated rings. The van der Waals surface area contributed by atoms with E-state index in [1.807, 2.05) is 48.6 Å². The van der Waals surface area contributed by atoms with Crippen LogP contribution >= 0.6 is 0 Å². The van der Waals surface area contributed by atoms with Crippen LogP contribution in [0.25, 0.3) is 12.2 Å². The topological polar surface area (TPSA) is 77.5 Å². The Morgan fingerprint density at radius 3 is 1.25 bits per heavy atom. The van der Waals surface area contributed by atoms with Crippen molar-refractivity contribution < 1.29 is 28.5 Å². The van der Waals surface area contributed by atoms with E-state index in [0.29, 0.717) is 37.4 Å². The highest BCUT2D eigenvalue weighted by Crippen LogP contribution is 2.23.